The van der Waals surface area contributed by atoms with Crippen LogP contribution in [0.1, 0.15) is 28.9 Å². The average molecular weight is 391 g/mol. The molecule has 21 heavy (non-hydrogen) atoms. The molecule has 2 aromatic rings. The van der Waals surface area contributed by atoms with Crippen LogP contribution in [0, 0.1) is 5.82 Å². The second-order valence-corrected chi connectivity index (χ2v) is 6.18. The van der Waals surface area contributed by atoms with E-state index in [2.05, 4.69) is 21.2 Å². The van der Waals surface area contributed by atoms with Gasteiger partial charge >= 0.3 is 0 Å². The minimum Gasteiger partial charge on any atom is -0.345 e. The molecule has 1 N–H and O–H groups in total. The van der Waals surface area contributed by atoms with Gasteiger partial charge in [0.1, 0.15) is 5.82 Å². The highest BCUT2D eigenvalue weighted by Crippen LogP contribution is 2.27. The molecule has 0 radical (unpaired) electrons. The smallest absolute Gasteiger partial charge is 0.253 e. The molecule has 1 atom stereocenters. The van der Waals surface area contributed by atoms with E-state index in [1.54, 1.807) is 25.1 Å². The first-order valence-corrected chi connectivity index (χ1v) is 7.64. The molecule has 0 heterocycles. The number of nitrogens with one attached hydrogen (secondary N) is 1. The van der Waals surface area contributed by atoms with E-state index in [1.165, 1.54) is 18.2 Å². The Morgan fingerprint density at radius 1 is 1.24 bits per heavy atom. The van der Waals surface area contributed by atoms with E-state index < -0.39 is 5.82 Å². The first-order chi connectivity index (χ1) is 9.88. The molecule has 0 aliphatic carbocycles. The molecule has 0 aliphatic rings. The molecule has 6 heteroatoms. The first kappa shape index (κ1) is 16.3. The van der Waals surface area contributed by atoms with Gasteiger partial charge < -0.3 is 5.32 Å². The second kappa shape index (κ2) is 6.77. The third kappa shape index (κ3) is 3.96. The second-order valence-electron chi connectivity index (χ2n) is 4.49. The van der Waals surface area contributed by atoms with Crippen molar-refractivity contribution in [1.82, 2.24) is 5.32 Å². The summed E-state index contributed by atoms with van der Waals surface area (Å²) in [6.07, 6.45) is 0. The predicted molar refractivity (Wildman–Crippen MR) is 86.4 cm³/mol. The van der Waals surface area contributed by atoms with E-state index in [-0.39, 0.29) is 17.5 Å². The molecule has 2 aromatic carbocycles. The Hall–Kier alpha value is -1.10. The van der Waals surface area contributed by atoms with Crippen LogP contribution in [0.25, 0.3) is 0 Å². The topological polar surface area (TPSA) is 29.1 Å². The summed E-state index contributed by atoms with van der Waals surface area (Å²) in [5.74, 6) is -0.861. The highest BCUT2D eigenvalue weighted by Gasteiger charge is 2.16. The standard InChI is InChI=1S/C15H11BrCl2FNO/c1-8(11-4-2-9(17)6-14(11)18)20-15(21)12-7-10(19)3-5-13(12)16/h2-8H,1H3,(H,20,21). The number of amides is 1. The van der Waals surface area contributed by atoms with E-state index >= 15 is 0 Å². The third-order valence-corrected chi connectivity index (χ3v) is 4.20. The lowest BCUT2D eigenvalue weighted by atomic mass is 10.1. The van der Waals surface area contributed by atoms with Gasteiger partial charge in [-0.2, -0.15) is 0 Å². The number of halogens is 4. The predicted octanol–water partition coefficient (Wildman–Crippen LogP) is 5.39. The Morgan fingerprint density at radius 2 is 1.95 bits per heavy atom. The Morgan fingerprint density at radius 3 is 2.62 bits per heavy atom. The van der Waals surface area contributed by atoms with Crippen molar-refractivity contribution in [3.05, 3.63) is 67.9 Å². The van der Waals surface area contributed by atoms with Crippen molar-refractivity contribution in [2.45, 2.75) is 13.0 Å². The van der Waals surface area contributed by atoms with Crippen LogP contribution in [-0.2, 0) is 0 Å². The fourth-order valence-electron chi connectivity index (χ4n) is 1.88. The summed E-state index contributed by atoms with van der Waals surface area (Å²) in [6, 6.07) is 8.66. The van der Waals surface area contributed by atoms with E-state index in [1.807, 2.05) is 0 Å². The summed E-state index contributed by atoms with van der Waals surface area (Å²) in [6.45, 7) is 1.79. The molecule has 0 aromatic heterocycles. The molecule has 0 bridgehead atoms. The van der Waals surface area contributed by atoms with Crippen LogP contribution in [0.15, 0.2) is 40.9 Å². The Balaban J connectivity index is 2.20. The van der Waals surface area contributed by atoms with Crippen molar-refractivity contribution in [3.8, 4) is 0 Å². The molecule has 0 fully saturated rings. The van der Waals surface area contributed by atoms with Crippen LogP contribution < -0.4 is 5.32 Å². The maximum absolute atomic E-state index is 13.2. The Kier molecular flexibility index (Phi) is 5.25. The number of carbonyl (C=O) groups is 1. The monoisotopic (exact) mass is 389 g/mol. The molecule has 0 saturated heterocycles. The summed E-state index contributed by atoms with van der Waals surface area (Å²) >= 11 is 15.2. The minimum absolute atomic E-state index is 0.229. The van der Waals surface area contributed by atoms with Gasteiger partial charge in [-0.15, -0.1) is 0 Å². The van der Waals surface area contributed by atoms with Gasteiger partial charge in [0.05, 0.1) is 11.6 Å². The van der Waals surface area contributed by atoms with Gasteiger partial charge in [0, 0.05) is 14.5 Å². The summed E-state index contributed by atoms with van der Waals surface area (Å²) in [5.41, 5.74) is 0.967. The minimum atomic E-state index is -0.472. The Bertz CT molecular complexity index is 693. The molecule has 0 saturated carbocycles. The van der Waals surface area contributed by atoms with Crippen molar-refractivity contribution < 1.29 is 9.18 Å². The first-order valence-electron chi connectivity index (χ1n) is 6.09. The molecule has 0 spiro atoms. The molecule has 0 aliphatic heterocycles. The fourth-order valence-corrected chi connectivity index (χ4v) is 2.88. The molecule has 110 valence electrons. The third-order valence-electron chi connectivity index (χ3n) is 2.95. The number of carbonyl (C=O) groups excluding carboxylic acids is 1. The van der Waals surface area contributed by atoms with Crippen molar-refractivity contribution in [1.29, 1.82) is 0 Å². The number of hydrogen-bond donors (Lipinski definition) is 1. The average Bonchev–Trinajstić information content (AvgIpc) is 2.41. The fraction of sp³-hybridized carbons (Fsp3) is 0.133. The normalized spacial score (nSPS) is 12.0. The number of rotatable bonds is 3. The number of benzene rings is 2. The SMILES string of the molecule is CC(NC(=O)c1cc(F)ccc1Br)c1ccc(Cl)cc1Cl. The van der Waals surface area contributed by atoms with Crippen LogP contribution in [0.4, 0.5) is 4.39 Å². The van der Waals surface area contributed by atoms with Gasteiger partial charge in [0.15, 0.2) is 0 Å². The van der Waals surface area contributed by atoms with Crippen LogP contribution in [0.3, 0.4) is 0 Å². The van der Waals surface area contributed by atoms with Crippen LogP contribution in [0.2, 0.25) is 10.0 Å². The van der Waals surface area contributed by atoms with Crippen LogP contribution >= 0.6 is 39.1 Å². The van der Waals surface area contributed by atoms with Gasteiger partial charge in [0.2, 0.25) is 0 Å². The highest BCUT2D eigenvalue weighted by atomic mass is 79.9. The zero-order valence-electron chi connectivity index (χ0n) is 11.0. The van der Waals surface area contributed by atoms with Crippen molar-refractivity contribution in [2.24, 2.45) is 0 Å². The largest absolute Gasteiger partial charge is 0.345 e. The molecular weight excluding hydrogens is 380 g/mol. The molecule has 2 nitrogen and oxygen atoms in total. The maximum Gasteiger partial charge on any atom is 0.253 e. The maximum atomic E-state index is 13.2. The van der Waals surface area contributed by atoms with Gasteiger partial charge in [-0.05, 0) is 58.7 Å². The van der Waals surface area contributed by atoms with E-state index in [9.17, 15) is 9.18 Å². The zero-order valence-corrected chi connectivity index (χ0v) is 14.1. The lowest BCUT2D eigenvalue weighted by Crippen LogP contribution is -2.27. The summed E-state index contributed by atoms with van der Waals surface area (Å²) in [5, 5.41) is 3.77. The molecule has 2 rings (SSSR count). The molecule has 1 amide bonds. The van der Waals surface area contributed by atoms with Gasteiger partial charge in [-0.3, -0.25) is 4.79 Å². The lowest BCUT2D eigenvalue weighted by Gasteiger charge is -2.16. The quantitative estimate of drug-likeness (QED) is 0.748. The Labute approximate surface area is 140 Å². The highest BCUT2D eigenvalue weighted by molar-refractivity contribution is 9.10. The zero-order chi connectivity index (χ0) is 15.6. The van der Waals surface area contributed by atoms with Crippen molar-refractivity contribution >= 4 is 45.0 Å². The van der Waals surface area contributed by atoms with Crippen LogP contribution in [0.5, 0.6) is 0 Å². The number of hydrogen-bond acceptors (Lipinski definition) is 1. The van der Waals surface area contributed by atoms with Crippen LogP contribution in [-0.4, -0.2) is 5.91 Å². The van der Waals surface area contributed by atoms with E-state index in [4.69, 9.17) is 23.2 Å². The van der Waals surface area contributed by atoms with Gasteiger partial charge in [-0.1, -0.05) is 29.3 Å². The summed E-state index contributed by atoms with van der Waals surface area (Å²) in [4.78, 5) is 12.2. The van der Waals surface area contributed by atoms with E-state index in [0.29, 0.717) is 14.5 Å². The summed E-state index contributed by atoms with van der Waals surface area (Å²) in [7, 11) is 0. The van der Waals surface area contributed by atoms with E-state index in [0.717, 1.165) is 5.56 Å². The van der Waals surface area contributed by atoms with Gasteiger partial charge in [0.25, 0.3) is 5.91 Å². The lowest BCUT2D eigenvalue weighted by molar-refractivity contribution is 0.0938. The van der Waals surface area contributed by atoms with Crippen molar-refractivity contribution in [3.63, 3.8) is 0 Å². The molecule has 1 unspecified atom stereocenters. The van der Waals surface area contributed by atoms with Crippen molar-refractivity contribution in [2.75, 3.05) is 0 Å². The van der Waals surface area contributed by atoms with Gasteiger partial charge in [-0.25, -0.2) is 4.39 Å². The molecular formula is C15H11BrCl2FNO. The summed E-state index contributed by atoms with van der Waals surface area (Å²) < 4.78 is 13.8.